The van der Waals surface area contributed by atoms with Gasteiger partial charge in [0.25, 0.3) is 5.91 Å². The number of hydrogen-bond acceptors (Lipinski definition) is 3. The second-order valence-electron chi connectivity index (χ2n) is 7.31. The predicted molar refractivity (Wildman–Crippen MR) is 104 cm³/mol. The molecule has 0 atom stereocenters. The Bertz CT molecular complexity index is 903. The number of rotatable bonds is 5. The first-order chi connectivity index (χ1) is 13.6. The summed E-state index contributed by atoms with van der Waals surface area (Å²) in [5.41, 5.74) is 1.43. The van der Waals surface area contributed by atoms with E-state index in [9.17, 15) is 14.0 Å². The van der Waals surface area contributed by atoms with Gasteiger partial charge in [-0.25, -0.2) is 4.39 Å². The highest BCUT2D eigenvalue weighted by molar-refractivity contribution is 6.47. The minimum atomic E-state index is -0.602. The maximum Gasteiger partial charge on any atom is 0.275 e. The van der Waals surface area contributed by atoms with Crippen LogP contribution in [-0.4, -0.2) is 34.6 Å². The van der Waals surface area contributed by atoms with Gasteiger partial charge in [-0.1, -0.05) is 42.5 Å². The minimum absolute atomic E-state index is 0.0279. The lowest BCUT2D eigenvalue weighted by Gasteiger charge is -2.32. The number of hydrogen-bond donors (Lipinski definition) is 1. The summed E-state index contributed by atoms with van der Waals surface area (Å²) < 4.78 is 13.0. The fourth-order valence-corrected chi connectivity index (χ4v) is 3.96. The van der Waals surface area contributed by atoms with Gasteiger partial charge < -0.3 is 10.2 Å². The normalized spacial score (nSPS) is 17.8. The first-order valence-electron chi connectivity index (χ1n) is 9.56. The van der Waals surface area contributed by atoms with E-state index < -0.39 is 5.66 Å². The molecule has 1 aliphatic heterocycles. The molecule has 2 amide bonds. The Hall–Kier alpha value is -3.02. The van der Waals surface area contributed by atoms with Gasteiger partial charge >= 0.3 is 0 Å². The van der Waals surface area contributed by atoms with Crippen molar-refractivity contribution in [3.8, 4) is 0 Å². The lowest BCUT2D eigenvalue weighted by Crippen LogP contribution is -2.49. The Morgan fingerprint density at radius 2 is 1.75 bits per heavy atom. The molecule has 4 rings (SSSR count). The Labute approximate surface area is 163 Å². The van der Waals surface area contributed by atoms with Crippen molar-refractivity contribution in [1.82, 2.24) is 10.2 Å². The fourth-order valence-electron chi connectivity index (χ4n) is 3.96. The van der Waals surface area contributed by atoms with Gasteiger partial charge in [-0.3, -0.25) is 14.6 Å². The second-order valence-corrected chi connectivity index (χ2v) is 7.31. The smallest absolute Gasteiger partial charge is 0.275 e. The number of halogens is 1. The lowest BCUT2D eigenvalue weighted by molar-refractivity contribution is -0.134. The largest absolute Gasteiger partial charge is 0.350 e. The molecule has 0 saturated heterocycles. The summed E-state index contributed by atoms with van der Waals surface area (Å²) in [7, 11) is 0. The average Bonchev–Trinajstić information content (AvgIpc) is 3.29. The highest BCUT2D eigenvalue weighted by Crippen LogP contribution is 2.40. The van der Waals surface area contributed by atoms with Crippen LogP contribution in [0.5, 0.6) is 0 Å². The van der Waals surface area contributed by atoms with Crippen LogP contribution in [0.3, 0.4) is 0 Å². The summed E-state index contributed by atoms with van der Waals surface area (Å²) >= 11 is 0. The predicted octanol–water partition coefficient (Wildman–Crippen LogP) is 3.04. The van der Waals surface area contributed by atoms with Crippen LogP contribution in [0.2, 0.25) is 0 Å². The van der Waals surface area contributed by atoms with Crippen molar-refractivity contribution in [3.63, 3.8) is 0 Å². The van der Waals surface area contributed by atoms with E-state index in [0.29, 0.717) is 12.3 Å². The summed E-state index contributed by atoms with van der Waals surface area (Å²) in [6.45, 7) is 0.264. The van der Waals surface area contributed by atoms with Crippen molar-refractivity contribution in [2.75, 3.05) is 6.54 Å². The van der Waals surface area contributed by atoms with Gasteiger partial charge in [0, 0.05) is 12.1 Å². The zero-order valence-electron chi connectivity index (χ0n) is 15.5. The quantitative estimate of drug-likeness (QED) is 0.868. The summed E-state index contributed by atoms with van der Waals surface area (Å²) in [4.78, 5) is 32.1. The number of nitrogens with zero attached hydrogens (tertiary/aromatic N) is 2. The summed E-state index contributed by atoms with van der Waals surface area (Å²) in [5.74, 6) is -0.745. The lowest BCUT2D eigenvalue weighted by atomic mass is 10.1. The van der Waals surface area contributed by atoms with E-state index in [1.54, 1.807) is 17.0 Å². The van der Waals surface area contributed by atoms with Crippen molar-refractivity contribution in [1.29, 1.82) is 0 Å². The molecule has 2 aromatic rings. The summed E-state index contributed by atoms with van der Waals surface area (Å²) in [5, 5.41) is 2.82. The van der Waals surface area contributed by atoms with Crippen molar-refractivity contribution in [2.24, 2.45) is 4.99 Å². The number of carbonyl (C=O) groups excluding carboxylic acids is 2. The molecule has 0 bridgehead atoms. The van der Waals surface area contributed by atoms with Crippen LogP contribution in [0.15, 0.2) is 59.6 Å². The van der Waals surface area contributed by atoms with Gasteiger partial charge in [0.1, 0.15) is 23.7 Å². The first kappa shape index (κ1) is 18.3. The van der Waals surface area contributed by atoms with Gasteiger partial charge in [0.15, 0.2) is 0 Å². The summed E-state index contributed by atoms with van der Waals surface area (Å²) in [6, 6.07) is 15.4. The van der Waals surface area contributed by atoms with Crippen LogP contribution in [0.1, 0.15) is 36.8 Å². The highest BCUT2D eigenvalue weighted by Gasteiger charge is 2.49. The third-order valence-electron chi connectivity index (χ3n) is 5.43. The number of amides is 2. The SMILES string of the molecule is O=C(CN1C(=O)C(c2ccccc2)=NC12CCCC2)NCc1ccc(F)cc1. The van der Waals surface area contributed by atoms with E-state index in [0.717, 1.165) is 36.8 Å². The molecule has 0 aromatic heterocycles. The van der Waals surface area contributed by atoms with E-state index in [1.807, 2.05) is 30.3 Å². The van der Waals surface area contributed by atoms with Crippen LogP contribution in [-0.2, 0) is 16.1 Å². The van der Waals surface area contributed by atoms with Crippen molar-refractivity contribution in [2.45, 2.75) is 37.9 Å². The molecular formula is C22H22FN3O2. The fraction of sp³-hybridized carbons (Fsp3) is 0.318. The van der Waals surface area contributed by atoms with Gasteiger partial charge in [-0.05, 0) is 43.4 Å². The number of aliphatic imine (C=N–C) groups is 1. The molecule has 2 aromatic carbocycles. The minimum Gasteiger partial charge on any atom is -0.350 e. The molecule has 1 N–H and O–H groups in total. The number of nitrogens with one attached hydrogen (secondary N) is 1. The van der Waals surface area contributed by atoms with Crippen molar-refractivity contribution in [3.05, 3.63) is 71.5 Å². The van der Waals surface area contributed by atoms with Crippen LogP contribution < -0.4 is 5.32 Å². The molecule has 1 spiro atoms. The average molecular weight is 379 g/mol. The van der Waals surface area contributed by atoms with Crippen LogP contribution >= 0.6 is 0 Å². The molecule has 1 saturated carbocycles. The standard InChI is InChI=1S/C22H22FN3O2/c23-18-10-8-16(9-11-18)14-24-19(27)15-26-21(28)20(17-6-2-1-3-7-17)25-22(26)12-4-5-13-22/h1-3,6-11H,4-5,12-15H2,(H,24,27). The molecule has 1 heterocycles. The number of carbonyl (C=O) groups is 2. The molecule has 5 nitrogen and oxygen atoms in total. The van der Waals surface area contributed by atoms with Crippen LogP contribution in [0.4, 0.5) is 4.39 Å². The van der Waals surface area contributed by atoms with E-state index in [1.165, 1.54) is 12.1 Å². The Kier molecular flexibility index (Phi) is 4.94. The molecule has 6 heteroatoms. The second kappa shape index (κ2) is 7.54. The maximum atomic E-state index is 13.1. The molecule has 1 aliphatic carbocycles. The monoisotopic (exact) mass is 379 g/mol. The van der Waals surface area contributed by atoms with Crippen molar-refractivity contribution < 1.29 is 14.0 Å². The molecule has 28 heavy (non-hydrogen) atoms. The van der Waals surface area contributed by atoms with E-state index in [2.05, 4.69) is 5.32 Å². The molecule has 2 aliphatic rings. The van der Waals surface area contributed by atoms with Gasteiger partial charge in [0.05, 0.1) is 0 Å². The third-order valence-corrected chi connectivity index (χ3v) is 5.43. The van der Waals surface area contributed by atoms with Crippen LogP contribution in [0, 0.1) is 5.82 Å². The van der Waals surface area contributed by atoms with Crippen LogP contribution in [0.25, 0.3) is 0 Å². The van der Waals surface area contributed by atoms with Gasteiger partial charge in [-0.2, -0.15) is 0 Å². The third kappa shape index (κ3) is 3.54. The maximum absolute atomic E-state index is 13.1. The first-order valence-corrected chi connectivity index (χ1v) is 9.56. The topological polar surface area (TPSA) is 61.8 Å². The van der Waals surface area contributed by atoms with Crippen molar-refractivity contribution >= 4 is 17.5 Å². The zero-order chi connectivity index (χ0) is 19.6. The van der Waals surface area contributed by atoms with E-state index >= 15 is 0 Å². The number of benzene rings is 2. The summed E-state index contributed by atoms with van der Waals surface area (Å²) in [6.07, 6.45) is 3.54. The Morgan fingerprint density at radius 1 is 1.07 bits per heavy atom. The molecule has 1 fully saturated rings. The zero-order valence-corrected chi connectivity index (χ0v) is 15.5. The molecule has 144 valence electrons. The van der Waals surface area contributed by atoms with Gasteiger partial charge in [0.2, 0.25) is 5.91 Å². The van der Waals surface area contributed by atoms with Gasteiger partial charge in [-0.15, -0.1) is 0 Å². The van der Waals surface area contributed by atoms with E-state index in [-0.39, 0.29) is 24.2 Å². The molecular weight excluding hydrogens is 357 g/mol. The highest BCUT2D eigenvalue weighted by atomic mass is 19.1. The molecule has 0 radical (unpaired) electrons. The Morgan fingerprint density at radius 3 is 2.43 bits per heavy atom. The Balaban J connectivity index is 1.48. The van der Waals surface area contributed by atoms with E-state index in [4.69, 9.17) is 4.99 Å². The molecule has 0 unspecified atom stereocenters.